The summed E-state index contributed by atoms with van der Waals surface area (Å²) in [5, 5.41) is 0.795. The number of hydrogen-bond acceptors (Lipinski definition) is 4. The molecule has 2 aromatic heterocycles. The third-order valence-corrected chi connectivity index (χ3v) is 6.06. The van der Waals surface area contributed by atoms with Crippen molar-refractivity contribution in [1.29, 1.82) is 0 Å². The normalized spacial score (nSPS) is 10.7. The van der Waals surface area contributed by atoms with Crippen LogP contribution in [0.5, 0.6) is 0 Å². The van der Waals surface area contributed by atoms with Gasteiger partial charge in [0.2, 0.25) is 0 Å². The summed E-state index contributed by atoms with van der Waals surface area (Å²) in [6, 6.07) is 20.8. The van der Waals surface area contributed by atoms with E-state index in [4.69, 9.17) is 11.6 Å². The number of thiazole rings is 2. The number of rotatable bonds is 1. The molecule has 0 atom stereocenters. The second-order valence-corrected chi connectivity index (χ2v) is 8.00. The summed E-state index contributed by atoms with van der Waals surface area (Å²) in [4.78, 5) is 8.48. The quantitative estimate of drug-likeness (QED) is 0.300. The van der Waals surface area contributed by atoms with Crippen molar-refractivity contribution in [3.05, 3.63) is 82.3 Å². The molecule has 5 heteroatoms. The van der Waals surface area contributed by atoms with Crippen molar-refractivity contribution < 1.29 is 0 Å². The summed E-state index contributed by atoms with van der Waals surface area (Å²) in [5.41, 5.74) is 9.39. The van der Waals surface area contributed by atoms with Gasteiger partial charge in [-0.3, -0.25) is 0 Å². The lowest BCUT2D eigenvalue weighted by Gasteiger charge is -2.00. The summed E-state index contributed by atoms with van der Waals surface area (Å²) in [7, 11) is 0. The molecule has 0 saturated carbocycles. The minimum Gasteiger partial charge on any atom is -0.245 e. The number of nitrogens with zero attached hydrogens (tertiary/aromatic N) is 2. The Labute approximate surface area is 164 Å². The molecule has 2 nitrogen and oxygen atoms in total. The molecule has 0 fully saturated rings. The Morgan fingerprint density at radius 1 is 0.731 bits per heavy atom. The first-order valence-corrected chi connectivity index (χ1v) is 10.2. The van der Waals surface area contributed by atoms with E-state index < -0.39 is 0 Å². The monoisotopic (exact) mass is 394 g/mol. The van der Waals surface area contributed by atoms with Crippen molar-refractivity contribution in [2.75, 3.05) is 0 Å². The molecule has 0 spiro atoms. The highest BCUT2D eigenvalue weighted by Crippen LogP contribution is 2.26. The molecule has 0 saturated heterocycles. The highest BCUT2D eigenvalue weighted by atomic mass is 35.5. The molecule has 0 N–H and O–H groups in total. The van der Waals surface area contributed by atoms with Crippen LogP contribution >= 0.6 is 34.3 Å². The van der Waals surface area contributed by atoms with Crippen molar-refractivity contribution in [3.63, 3.8) is 0 Å². The van der Waals surface area contributed by atoms with E-state index in [-0.39, 0.29) is 0 Å². The standard InChI is InChI=1S/C13H9NS.C8H6ClNS/c1-2-4-10(5-3-1)11-6-7-13-12(8-11)14-9-15-13;1-5-2-8-7(3-6(5)9)10-4-11-8/h1-9H;2-4H,1H3. The van der Waals surface area contributed by atoms with Gasteiger partial charge in [-0.1, -0.05) is 48.0 Å². The zero-order chi connectivity index (χ0) is 17.9. The van der Waals surface area contributed by atoms with E-state index in [1.54, 1.807) is 22.7 Å². The van der Waals surface area contributed by atoms with Crippen LogP contribution in [0.15, 0.2) is 71.7 Å². The maximum Gasteiger partial charge on any atom is 0.0827 e. The molecule has 3 aromatic carbocycles. The summed E-state index contributed by atoms with van der Waals surface area (Å²) >= 11 is 9.23. The Bertz CT molecular complexity index is 1130. The van der Waals surface area contributed by atoms with Gasteiger partial charge in [-0.2, -0.15) is 0 Å². The fraction of sp³-hybridized carbons (Fsp3) is 0.0476. The van der Waals surface area contributed by atoms with E-state index in [0.29, 0.717) is 0 Å². The lowest BCUT2D eigenvalue weighted by Crippen LogP contribution is -1.76. The van der Waals surface area contributed by atoms with Crippen molar-refractivity contribution in [3.8, 4) is 11.1 Å². The van der Waals surface area contributed by atoms with E-state index in [1.165, 1.54) is 20.5 Å². The second-order valence-electron chi connectivity index (χ2n) is 5.82. The first-order valence-electron chi connectivity index (χ1n) is 8.09. The van der Waals surface area contributed by atoms with Gasteiger partial charge in [-0.05, 0) is 47.9 Å². The molecule has 0 aliphatic heterocycles. The molecule has 5 rings (SSSR count). The summed E-state index contributed by atoms with van der Waals surface area (Å²) in [5.74, 6) is 0. The summed E-state index contributed by atoms with van der Waals surface area (Å²) < 4.78 is 2.45. The van der Waals surface area contributed by atoms with Crippen LogP contribution in [0.25, 0.3) is 31.6 Å². The van der Waals surface area contributed by atoms with Crippen molar-refractivity contribution in [2.24, 2.45) is 0 Å². The number of fused-ring (bicyclic) bond motifs is 2. The topological polar surface area (TPSA) is 25.8 Å². The van der Waals surface area contributed by atoms with Gasteiger partial charge < -0.3 is 0 Å². The van der Waals surface area contributed by atoms with Crippen molar-refractivity contribution in [1.82, 2.24) is 9.97 Å². The van der Waals surface area contributed by atoms with Gasteiger partial charge in [0.25, 0.3) is 0 Å². The zero-order valence-electron chi connectivity index (χ0n) is 14.0. The van der Waals surface area contributed by atoms with E-state index in [2.05, 4.69) is 58.5 Å². The van der Waals surface area contributed by atoms with E-state index in [1.807, 2.05) is 30.1 Å². The summed E-state index contributed by atoms with van der Waals surface area (Å²) in [6.45, 7) is 2.00. The predicted molar refractivity (Wildman–Crippen MR) is 114 cm³/mol. The van der Waals surface area contributed by atoms with Gasteiger partial charge in [0.05, 0.1) is 31.5 Å². The molecule has 0 aliphatic rings. The highest BCUT2D eigenvalue weighted by Gasteiger charge is 2.01. The lowest BCUT2D eigenvalue weighted by atomic mass is 10.1. The van der Waals surface area contributed by atoms with Gasteiger partial charge >= 0.3 is 0 Å². The van der Waals surface area contributed by atoms with Crippen LogP contribution in [0.3, 0.4) is 0 Å². The first kappa shape index (κ1) is 17.2. The SMILES string of the molecule is Cc1cc2scnc2cc1Cl.c1ccc(-c2ccc3scnc3c2)cc1. The molecule has 0 bridgehead atoms. The van der Waals surface area contributed by atoms with Gasteiger partial charge in [-0.15, -0.1) is 22.7 Å². The van der Waals surface area contributed by atoms with Crippen LogP contribution < -0.4 is 0 Å². The number of hydrogen-bond donors (Lipinski definition) is 0. The Morgan fingerprint density at radius 2 is 1.42 bits per heavy atom. The van der Waals surface area contributed by atoms with Crippen LogP contribution in [-0.2, 0) is 0 Å². The second kappa shape index (κ2) is 7.54. The number of benzene rings is 3. The lowest BCUT2D eigenvalue weighted by molar-refractivity contribution is 1.46. The van der Waals surface area contributed by atoms with Gasteiger partial charge in [0.15, 0.2) is 0 Å². The number of aromatic nitrogens is 2. The predicted octanol–water partition coefficient (Wildman–Crippen LogP) is 7.22. The van der Waals surface area contributed by atoms with E-state index in [9.17, 15) is 0 Å². The van der Waals surface area contributed by atoms with Crippen LogP contribution in [0, 0.1) is 6.92 Å². The molecular weight excluding hydrogens is 380 g/mol. The van der Waals surface area contributed by atoms with Gasteiger partial charge in [0.1, 0.15) is 0 Å². The van der Waals surface area contributed by atoms with Crippen molar-refractivity contribution >= 4 is 54.7 Å². The fourth-order valence-electron chi connectivity index (χ4n) is 2.65. The van der Waals surface area contributed by atoms with Gasteiger partial charge in [0, 0.05) is 5.02 Å². The maximum atomic E-state index is 5.91. The van der Waals surface area contributed by atoms with Crippen LogP contribution in [0.2, 0.25) is 5.02 Å². The average molecular weight is 395 g/mol. The smallest absolute Gasteiger partial charge is 0.0827 e. The third-order valence-electron chi connectivity index (χ3n) is 4.05. The molecule has 128 valence electrons. The number of aryl methyl sites for hydroxylation is 1. The Morgan fingerprint density at radius 3 is 2.19 bits per heavy atom. The molecule has 0 aliphatic carbocycles. The van der Waals surface area contributed by atoms with Gasteiger partial charge in [-0.25, -0.2) is 9.97 Å². The fourth-order valence-corrected chi connectivity index (χ4v) is 4.22. The molecule has 5 aromatic rings. The zero-order valence-corrected chi connectivity index (χ0v) is 16.4. The average Bonchev–Trinajstić information content (AvgIpc) is 3.31. The summed E-state index contributed by atoms with van der Waals surface area (Å²) in [6.07, 6.45) is 0. The third kappa shape index (κ3) is 3.63. The minimum absolute atomic E-state index is 0.795. The van der Waals surface area contributed by atoms with Crippen LogP contribution in [0.1, 0.15) is 5.56 Å². The molecule has 2 heterocycles. The van der Waals surface area contributed by atoms with Crippen LogP contribution in [-0.4, -0.2) is 9.97 Å². The molecule has 26 heavy (non-hydrogen) atoms. The Hall–Kier alpha value is -2.27. The minimum atomic E-state index is 0.795. The first-order chi connectivity index (χ1) is 12.7. The van der Waals surface area contributed by atoms with E-state index >= 15 is 0 Å². The largest absolute Gasteiger partial charge is 0.245 e. The highest BCUT2D eigenvalue weighted by molar-refractivity contribution is 7.17. The van der Waals surface area contributed by atoms with Crippen molar-refractivity contribution in [2.45, 2.75) is 6.92 Å². The van der Waals surface area contributed by atoms with E-state index in [0.717, 1.165) is 21.6 Å². The molecule has 0 amide bonds. The molecule has 0 radical (unpaired) electrons. The maximum absolute atomic E-state index is 5.91. The number of halogens is 1. The Balaban J connectivity index is 0.000000136. The van der Waals surface area contributed by atoms with Crippen LogP contribution in [0.4, 0.5) is 0 Å². The Kier molecular flexibility index (Phi) is 4.98. The molecule has 0 unspecified atom stereocenters. The molecular formula is C21H15ClN2S2.